The van der Waals surface area contributed by atoms with Gasteiger partial charge in [0.2, 0.25) is 5.95 Å². The first-order valence-electron chi connectivity index (χ1n) is 9.62. The second kappa shape index (κ2) is 8.70. The van der Waals surface area contributed by atoms with Crippen LogP contribution in [0.25, 0.3) is 0 Å². The lowest BCUT2D eigenvalue weighted by molar-refractivity contribution is 0.0697. The van der Waals surface area contributed by atoms with Crippen molar-refractivity contribution in [2.24, 2.45) is 0 Å². The van der Waals surface area contributed by atoms with Crippen LogP contribution in [0.5, 0.6) is 0 Å². The van der Waals surface area contributed by atoms with Gasteiger partial charge in [-0.25, -0.2) is 9.78 Å². The fourth-order valence-corrected chi connectivity index (χ4v) is 3.40. The zero-order chi connectivity index (χ0) is 20.1. The van der Waals surface area contributed by atoms with Gasteiger partial charge in [0, 0.05) is 44.6 Å². The van der Waals surface area contributed by atoms with Gasteiger partial charge in [-0.15, -0.1) is 0 Å². The monoisotopic (exact) mass is 389 g/mol. The molecule has 1 saturated heterocycles. The van der Waals surface area contributed by atoms with Gasteiger partial charge < -0.3 is 15.3 Å². The number of hydrogen-bond acceptors (Lipinski definition) is 6. The molecule has 0 spiro atoms. The number of nitrogens with zero attached hydrogens (tertiary/aromatic N) is 4. The highest BCUT2D eigenvalue weighted by molar-refractivity contribution is 5.89. The molecule has 1 fully saturated rings. The summed E-state index contributed by atoms with van der Waals surface area (Å²) >= 11 is 0. The summed E-state index contributed by atoms with van der Waals surface area (Å²) in [7, 11) is 0. The summed E-state index contributed by atoms with van der Waals surface area (Å²) in [6.07, 6.45) is 1.72. The van der Waals surface area contributed by atoms with Crippen molar-refractivity contribution in [1.29, 1.82) is 0 Å². The molecule has 0 bridgehead atoms. The number of hydrogen-bond donors (Lipinski definition) is 2. The van der Waals surface area contributed by atoms with E-state index in [4.69, 9.17) is 5.11 Å². The smallest absolute Gasteiger partial charge is 0.335 e. The van der Waals surface area contributed by atoms with E-state index in [2.05, 4.69) is 49.4 Å². The van der Waals surface area contributed by atoms with Crippen LogP contribution in [0.15, 0.2) is 66.9 Å². The maximum atomic E-state index is 11.1. The number of benzene rings is 2. The highest BCUT2D eigenvalue weighted by atomic mass is 16.4. The van der Waals surface area contributed by atoms with Gasteiger partial charge in [-0.05, 0) is 29.8 Å². The number of carbonyl (C=O) groups is 1. The van der Waals surface area contributed by atoms with E-state index in [1.54, 1.807) is 30.5 Å². The summed E-state index contributed by atoms with van der Waals surface area (Å²) in [4.78, 5) is 24.8. The average molecular weight is 389 g/mol. The van der Waals surface area contributed by atoms with Crippen molar-refractivity contribution in [2.75, 3.05) is 36.4 Å². The number of aromatic carboxylic acids is 1. The van der Waals surface area contributed by atoms with E-state index in [9.17, 15) is 4.79 Å². The topological polar surface area (TPSA) is 81.6 Å². The summed E-state index contributed by atoms with van der Waals surface area (Å²) in [6, 6.07) is 19.0. The molecule has 0 unspecified atom stereocenters. The average Bonchev–Trinajstić information content (AvgIpc) is 2.75. The van der Waals surface area contributed by atoms with Gasteiger partial charge >= 0.3 is 5.97 Å². The molecule has 148 valence electrons. The molecule has 7 nitrogen and oxygen atoms in total. The van der Waals surface area contributed by atoms with Crippen molar-refractivity contribution >= 4 is 23.4 Å². The number of carboxylic acids is 1. The lowest BCUT2D eigenvalue weighted by Crippen LogP contribution is -2.46. The van der Waals surface area contributed by atoms with E-state index < -0.39 is 5.97 Å². The lowest BCUT2D eigenvalue weighted by atomic mass is 10.2. The molecule has 2 aromatic carbocycles. The SMILES string of the molecule is O=C(O)c1cccc(Nc2ccnc(N3CCN(Cc4ccccc4)CC3)n2)c1. The van der Waals surface area contributed by atoms with Gasteiger partial charge in [-0.3, -0.25) is 4.90 Å². The molecule has 0 atom stereocenters. The molecular weight excluding hydrogens is 366 g/mol. The molecule has 1 aliphatic heterocycles. The first-order chi connectivity index (χ1) is 14.2. The Morgan fingerprint density at radius 2 is 1.79 bits per heavy atom. The van der Waals surface area contributed by atoms with E-state index in [0.29, 0.717) is 17.5 Å². The molecule has 0 aliphatic carbocycles. The predicted molar refractivity (Wildman–Crippen MR) is 113 cm³/mol. The molecule has 0 amide bonds. The Kier molecular flexibility index (Phi) is 5.67. The Morgan fingerprint density at radius 1 is 1.00 bits per heavy atom. The summed E-state index contributed by atoms with van der Waals surface area (Å²) in [5, 5.41) is 12.3. The van der Waals surface area contributed by atoms with Gasteiger partial charge in [0.25, 0.3) is 0 Å². The first-order valence-corrected chi connectivity index (χ1v) is 9.62. The number of piperazine rings is 1. The maximum absolute atomic E-state index is 11.1. The molecule has 29 heavy (non-hydrogen) atoms. The molecule has 0 saturated carbocycles. The van der Waals surface area contributed by atoms with Crippen molar-refractivity contribution in [3.8, 4) is 0 Å². The molecule has 2 heterocycles. The second-order valence-electron chi connectivity index (χ2n) is 7.00. The van der Waals surface area contributed by atoms with Crippen LogP contribution in [0.4, 0.5) is 17.5 Å². The predicted octanol–water partition coefficient (Wildman–Crippen LogP) is 3.24. The Hall–Kier alpha value is -3.45. The standard InChI is InChI=1S/C22H23N5O2/c28-21(29)18-7-4-8-19(15-18)24-20-9-10-23-22(25-20)27-13-11-26(12-14-27)16-17-5-2-1-3-6-17/h1-10,15H,11-14,16H2,(H,28,29)(H,23,24,25). The van der Waals surface area contributed by atoms with Crippen LogP contribution in [0, 0.1) is 0 Å². The third-order valence-corrected chi connectivity index (χ3v) is 4.93. The molecule has 7 heteroatoms. The lowest BCUT2D eigenvalue weighted by Gasteiger charge is -2.34. The van der Waals surface area contributed by atoms with Crippen molar-refractivity contribution in [2.45, 2.75) is 6.54 Å². The summed E-state index contributed by atoms with van der Waals surface area (Å²) < 4.78 is 0. The van der Waals surface area contributed by atoms with Gasteiger partial charge in [0.1, 0.15) is 5.82 Å². The van der Waals surface area contributed by atoms with E-state index in [-0.39, 0.29) is 5.56 Å². The normalized spacial score (nSPS) is 14.6. The largest absolute Gasteiger partial charge is 0.478 e. The fourth-order valence-electron chi connectivity index (χ4n) is 3.40. The van der Waals surface area contributed by atoms with Crippen molar-refractivity contribution in [3.05, 3.63) is 78.0 Å². The molecule has 3 aromatic rings. The quantitative estimate of drug-likeness (QED) is 0.670. The minimum absolute atomic E-state index is 0.235. The maximum Gasteiger partial charge on any atom is 0.335 e. The Labute approximate surface area is 169 Å². The number of anilines is 3. The zero-order valence-corrected chi connectivity index (χ0v) is 16.0. The molecule has 2 N–H and O–H groups in total. The van der Waals surface area contributed by atoms with Crippen LogP contribution in [0.2, 0.25) is 0 Å². The van der Waals surface area contributed by atoms with E-state index in [1.165, 1.54) is 5.56 Å². The van der Waals surface area contributed by atoms with Crippen molar-refractivity contribution < 1.29 is 9.90 Å². The number of rotatable bonds is 6. The van der Waals surface area contributed by atoms with Crippen LogP contribution in [-0.4, -0.2) is 52.1 Å². The first kappa shape index (κ1) is 18.9. The number of carboxylic acid groups (broad SMARTS) is 1. The van der Waals surface area contributed by atoms with E-state index in [0.717, 1.165) is 32.7 Å². The third-order valence-electron chi connectivity index (χ3n) is 4.93. The van der Waals surface area contributed by atoms with Crippen LogP contribution in [0.3, 0.4) is 0 Å². The van der Waals surface area contributed by atoms with Gasteiger partial charge in [0.15, 0.2) is 0 Å². The zero-order valence-electron chi connectivity index (χ0n) is 16.0. The minimum atomic E-state index is -0.953. The van der Waals surface area contributed by atoms with Crippen molar-refractivity contribution in [1.82, 2.24) is 14.9 Å². The molecule has 1 aromatic heterocycles. The van der Waals surface area contributed by atoms with Crippen molar-refractivity contribution in [3.63, 3.8) is 0 Å². The number of aromatic nitrogens is 2. The minimum Gasteiger partial charge on any atom is -0.478 e. The summed E-state index contributed by atoms with van der Waals surface area (Å²) in [5.74, 6) is 0.374. The third kappa shape index (κ3) is 4.89. The summed E-state index contributed by atoms with van der Waals surface area (Å²) in [6.45, 7) is 4.60. The summed E-state index contributed by atoms with van der Waals surface area (Å²) in [5.41, 5.74) is 2.24. The van der Waals surface area contributed by atoms with Crippen LogP contribution in [0.1, 0.15) is 15.9 Å². The van der Waals surface area contributed by atoms with Gasteiger partial charge in [0.05, 0.1) is 5.56 Å². The highest BCUT2D eigenvalue weighted by Crippen LogP contribution is 2.19. The van der Waals surface area contributed by atoms with Crippen LogP contribution < -0.4 is 10.2 Å². The Balaban J connectivity index is 1.38. The number of nitrogens with one attached hydrogen (secondary N) is 1. The van der Waals surface area contributed by atoms with Crippen LogP contribution in [-0.2, 0) is 6.54 Å². The van der Waals surface area contributed by atoms with Gasteiger partial charge in [-0.1, -0.05) is 36.4 Å². The molecule has 1 aliphatic rings. The fraction of sp³-hybridized carbons (Fsp3) is 0.227. The molecule has 4 rings (SSSR count). The molecular formula is C22H23N5O2. The Bertz CT molecular complexity index is 972. The molecule has 0 radical (unpaired) electrons. The van der Waals surface area contributed by atoms with E-state index in [1.807, 2.05) is 12.1 Å². The second-order valence-corrected chi connectivity index (χ2v) is 7.00. The van der Waals surface area contributed by atoms with Gasteiger partial charge in [-0.2, -0.15) is 4.98 Å². The Morgan fingerprint density at radius 3 is 2.55 bits per heavy atom. The van der Waals surface area contributed by atoms with E-state index >= 15 is 0 Å². The van der Waals surface area contributed by atoms with Crippen LogP contribution >= 0.6 is 0 Å². The highest BCUT2D eigenvalue weighted by Gasteiger charge is 2.19.